The van der Waals surface area contributed by atoms with Crippen LogP contribution in [0, 0.1) is 0 Å². The monoisotopic (exact) mass is 366 g/mol. The predicted octanol–water partition coefficient (Wildman–Crippen LogP) is 3.23. The van der Waals surface area contributed by atoms with Crippen LogP contribution in [-0.2, 0) is 4.74 Å². The van der Waals surface area contributed by atoms with Crippen molar-refractivity contribution in [1.29, 1.82) is 0 Å². The molecule has 3 heterocycles. The summed E-state index contributed by atoms with van der Waals surface area (Å²) in [6.07, 6.45) is 4.25. The molecule has 1 saturated heterocycles. The summed E-state index contributed by atoms with van der Waals surface area (Å²) < 4.78 is 12.4. The van der Waals surface area contributed by atoms with Crippen LogP contribution in [-0.4, -0.2) is 60.0 Å². The Morgan fingerprint density at radius 3 is 2.70 bits per heavy atom. The molecule has 1 fully saturated rings. The molecule has 0 spiro atoms. The van der Waals surface area contributed by atoms with Crippen molar-refractivity contribution < 1.29 is 9.47 Å². The lowest BCUT2D eigenvalue weighted by Gasteiger charge is -2.30. The van der Waals surface area contributed by atoms with Gasteiger partial charge in [0.05, 0.1) is 13.7 Å². The van der Waals surface area contributed by atoms with E-state index in [1.165, 1.54) is 0 Å². The Bertz CT molecular complexity index is 900. The summed E-state index contributed by atoms with van der Waals surface area (Å²) in [5, 5.41) is 4.78. The van der Waals surface area contributed by atoms with Crippen molar-refractivity contribution in [3.63, 3.8) is 0 Å². The van der Waals surface area contributed by atoms with Crippen LogP contribution < -0.4 is 4.74 Å². The number of pyridine rings is 1. The zero-order valence-electron chi connectivity index (χ0n) is 16.0. The summed E-state index contributed by atoms with van der Waals surface area (Å²) >= 11 is 0. The van der Waals surface area contributed by atoms with Gasteiger partial charge in [0.25, 0.3) is 0 Å². The van der Waals surface area contributed by atoms with Crippen LogP contribution in [0.2, 0.25) is 0 Å². The van der Waals surface area contributed by atoms with E-state index in [0.29, 0.717) is 5.92 Å². The molecular formula is C21H26N4O2. The first-order chi connectivity index (χ1) is 13.3. The van der Waals surface area contributed by atoms with Gasteiger partial charge < -0.3 is 14.4 Å². The predicted molar refractivity (Wildman–Crippen MR) is 105 cm³/mol. The zero-order valence-corrected chi connectivity index (χ0v) is 16.0. The molecule has 1 aliphatic rings. The minimum atomic E-state index is 0.434. The highest BCUT2D eigenvalue weighted by molar-refractivity contribution is 5.65. The van der Waals surface area contributed by atoms with Gasteiger partial charge in [-0.05, 0) is 55.8 Å². The third kappa shape index (κ3) is 3.96. The van der Waals surface area contributed by atoms with Crippen molar-refractivity contribution in [3.05, 3.63) is 48.4 Å². The minimum absolute atomic E-state index is 0.434. The molecule has 6 nitrogen and oxygen atoms in total. The average molecular weight is 366 g/mol. The molecule has 6 heteroatoms. The summed E-state index contributed by atoms with van der Waals surface area (Å²) in [7, 11) is 3.44. The van der Waals surface area contributed by atoms with Crippen LogP contribution in [0.25, 0.3) is 16.8 Å². The molecule has 1 aromatic carbocycles. The van der Waals surface area contributed by atoms with Crippen LogP contribution in [0.4, 0.5) is 0 Å². The highest BCUT2D eigenvalue weighted by Gasteiger charge is 2.23. The molecule has 0 N–H and O–H groups in total. The summed E-state index contributed by atoms with van der Waals surface area (Å²) in [5.41, 5.74) is 3.12. The number of aromatic nitrogens is 3. The molecule has 4 rings (SSSR count). The maximum Gasteiger partial charge on any atom is 0.155 e. The smallest absolute Gasteiger partial charge is 0.155 e. The van der Waals surface area contributed by atoms with Gasteiger partial charge in [0, 0.05) is 31.3 Å². The van der Waals surface area contributed by atoms with Crippen LogP contribution in [0.1, 0.15) is 24.6 Å². The van der Waals surface area contributed by atoms with Crippen molar-refractivity contribution in [2.45, 2.75) is 18.8 Å². The third-order valence-electron chi connectivity index (χ3n) is 5.31. The van der Waals surface area contributed by atoms with Crippen molar-refractivity contribution in [2.75, 3.05) is 40.5 Å². The number of piperidine rings is 1. The van der Waals surface area contributed by atoms with E-state index in [-0.39, 0.29) is 0 Å². The van der Waals surface area contributed by atoms with Gasteiger partial charge in [-0.1, -0.05) is 12.1 Å². The first-order valence-electron chi connectivity index (χ1n) is 9.49. The number of methoxy groups -OCH3 is 2. The molecule has 142 valence electrons. The maximum absolute atomic E-state index is 5.33. The molecule has 0 aliphatic carbocycles. The van der Waals surface area contributed by atoms with E-state index in [1.54, 1.807) is 14.2 Å². The Morgan fingerprint density at radius 1 is 1.07 bits per heavy atom. The van der Waals surface area contributed by atoms with Gasteiger partial charge in [-0.3, -0.25) is 0 Å². The van der Waals surface area contributed by atoms with E-state index < -0.39 is 0 Å². The van der Waals surface area contributed by atoms with Crippen molar-refractivity contribution in [1.82, 2.24) is 19.5 Å². The number of rotatable bonds is 6. The molecule has 0 saturated carbocycles. The highest BCUT2D eigenvalue weighted by Crippen LogP contribution is 2.27. The Hall–Kier alpha value is -2.44. The van der Waals surface area contributed by atoms with Crippen LogP contribution >= 0.6 is 0 Å². The first-order valence-corrected chi connectivity index (χ1v) is 9.49. The fourth-order valence-electron chi connectivity index (χ4n) is 3.68. The molecule has 0 atom stereocenters. The van der Waals surface area contributed by atoms with E-state index in [1.807, 2.05) is 35.0 Å². The van der Waals surface area contributed by atoms with E-state index in [0.717, 1.165) is 67.4 Å². The summed E-state index contributed by atoms with van der Waals surface area (Å²) in [4.78, 5) is 7.23. The van der Waals surface area contributed by atoms with Crippen LogP contribution in [0.5, 0.6) is 5.75 Å². The number of benzene rings is 1. The molecule has 1 aliphatic heterocycles. The second kappa shape index (κ2) is 8.06. The normalized spacial score (nSPS) is 16.1. The van der Waals surface area contributed by atoms with E-state index in [2.05, 4.69) is 17.0 Å². The lowest BCUT2D eigenvalue weighted by molar-refractivity contribution is 0.129. The van der Waals surface area contributed by atoms with Crippen molar-refractivity contribution in [3.8, 4) is 16.9 Å². The molecule has 0 amide bonds. The highest BCUT2D eigenvalue weighted by atomic mass is 16.5. The molecular weight excluding hydrogens is 340 g/mol. The molecule has 2 aromatic heterocycles. The number of nitrogens with zero attached hydrogens (tertiary/aromatic N) is 4. The first kappa shape index (κ1) is 17.9. The van der Waals surface area contributed by atoms with Crippen molar-refractivity contribution in [2.24, 2.45) is 0 Å². The average Bonchev–Trinajstić information content (AvgIpc) is 3.16. The number of hydrogen-bond donors (Lipinski definition) is 0. The minimum Gasteiger partial charge on any atom is -0.497 e. The summed E-state index contributed by atoms with van der Waals surface area (Å²) in [6.45, 7) is 3.97. The fourth-order valence-corrected chi connectivity index (χ4v) is 3.68. The van der Waals surface area contributed by atoms with Gasteiger partial charge in [0.15, 0.2) is 11.5 Å². The second-order valence-electron chi connectivity index (χ2n) is 7.03. The van der Waals surface area contributed by atoms with E-state index >= 15 is 0 Å². The standard InChI is InChI=1S/C21H26N4O2/c1-26-13-12-24-10-8-16(9-11-24)21-22-20-7-6-18(15-25(20)23-21)17-4-3-5-19(14-17)27-2/h3-7,14-16H,8-13H2,1-2H3. The summed E-state index contributed by atoms with van der Waals surface area (Å²) in [5.74, 6) is 2.25. The van der Waals surface area contributed by atoms with Gasteiger partial charge in [-0.15, -0.1) is 0 Å². The SMILES string of the molecule is COCCN1CCC(c2nc3ccc(-c4cccc(OC)c4)cn3n2)CC1. The molecule has 0 radical (unpaired) electrons. The lowest BCUT2D eigenvalue weighted by Crippen LogP contribution is -2.35. The Morgan fingerprint density at radius 2 is 1.93 bits per heavy atom. The quantitative estimate of drug-likeness (QED) is 0.670. The fraction of sp³-hybridized carbons (Fsp3) is 0.429. The van der Waals surface area contributed by atoms with Crippen LogP contribution in [0.3, 0.4) is 0 Å². The van der Waals surface area contributed by atoms with E-state index in [9.17, 15) is 0 Å². The number of hydrogen-bond acceptors (Lipinski definition) is 5. The van der Waals surface area contributed by atoms with Gasteiger partial charge >= 0.3 is 0 Å². The Kier molecular flexibility index (Phi) is 5.36. The number of likely N-dealkylation sites (tertiary alicyclic amines) is 1. The third-order valence-corrected chi connectivity index (χ3v) is 5.31. The van der Waals surface area contributed by atoms with Crippen molar-refractivity contribution >= 4 is 5.65 Å². The van der Waals surface area contributed by atoms with Gasteiger partial charge in [-0.25, -0.2) is 9.50 Å². The van der Waals surface area contributed by atoms with Crippen LogP contribution in [0.15, 0.2) is 42.6 Å². The number of fused-ring (bicyclic) bond motifs is 1. The largest absolute Gasteiger partial charge is 0.497 e. The molecule has 0 unspecified atom stereocenters. The Balaban J connectivity index is 1.51. The van der Waals surface area contributed by atoms with E-state index in [4.69, 9.17) is 19.6 Å². The molecule has 3 aromatic rings. The second-order valence-corrected chi connectivity index (χ2v) is 7.03. The molecule has 27 heavy (non-hydrogen) atoms. The Labute approximate surface area is 159 Å². The summed E-state index contributed by atoms with van der Waals surface area (Å²) in [6, 6.07) is 12.2. The maximum atomic E-state index is 5.33. The lowest BCUT2D eigenvalue weighted by atomic mass is 9.96. The number of ether oxygens (including phenoxy) is 2. The zero-order chi connectivity index (χ0) is 18.6. The molecule has 0 bridgehead atoms. The van der Waals surface area contributed by atoms with Gasteiger partial charge in [0.2, 0.25) is 0 Å². The topological polar surface area (TPSA) is 51.9 Å². The van der Waals surface area contributed by atoms with Gasteiger partial charge in [0.1, 0.15) is 5.75 Å². The van der Waals surface area contributed by atoms with Gasteiger partial charge in [-0.2, -0.15) is 5.10 Å².